The van der Waals surface area contributed by atoms with Crippen LogP contribution in [0.25, 0.3) is 0 Å². The van der Waals surface area contributed by atoms with Crippen molar-refractivity contribution in [3.63, 3.8) is 0 Å². The largest absolute Gasteiger partial charge is 0.397 e. The lowest BCUT2D eigenvalue weighted by atomic mass is 10.3. The Labute approximate surface area is 114 Å². The fraction of sp³-hybridized carbons (Fsp3) is 0. The summed E-state index contributed by atoms with van der Waals surface area (Å²) in [6.07, 6.45) is 1.04. The van der Waals surface area contributed by atoms with E-state index in [1.165, 1.54) is 18.2 Å². The number of nitrogens with zero attached hydrogens (tertiary/aromatic N) is 2. The van der Waals surface area contributed by atoms with Gasteiger partial charge in [0.25, 0.3) is 10.0 Å². The lowest BCUT2D eigenvalue weighted by Gasteiger charge is -2.10. The van der Waals surface area contributed by atoms with E-state index in [1.54, 1.807) is 6.07 Å². The maximum atomic E-state index is 13.1. The third-order valence-electron chi connectivity index (χ3n) is 2.42. The van der Waals surface area contributed by atoms with Crippen molar-refractivity contribution in [2.24, 2.45) is 0 Å². The van der Waals surface area contributed by atoms with Crippen LogP contribution in [0.3, 0.4) is 0 Å². The van der Waals surface area contributed by atoms with Gasteiger partial charge in [-0.2, -0.15) is 5.26 Å². The lowest BCUT2D eigenvalue weighted by molar-refractivity contribution is 0.600. The Morgan fingerprint density at radius 1 is 1.30 bits per heavy atom. The predicted octanol–water partition coefficient (Wildman–Crippen LogP) is 1.48. The summed E-state index contributed by atoms with van der Waals surface area (Å²) in [7, 11) is -3.95. The number of rotatable bonds is 3. The van der Waals surface area contributed by atoms with E-state index >= 15 is 0 Å². The van der Waals surface area contributed by atoms with Crippen molar-refractivity contribution in [2.45, 2.75) is 4.90 Å². The number of nitrogens with two attached hydrogens (primary N) is 1. The van der Waals surface area contributed by atoms with Gasteiger partial charge in [-0.1, -0.05) is 0 Å². The molecule has 1 heterocycles. The number of benzene rings is 1. The minimum absolute atomic E-state index is 0.0608. The van der Waals surface area contributed by atoms with Crippen LogP contribution in [0.5, 0.6) is 0 Å². The monoisotopic (exact) mass is 292 g/mol. The summed E-state index contributed by atoms with van der Waals surface area (Å²) in [4.78, 5) is 3.51. The van der Waals surface area contributed by atoms with E-state index in [9.17, 15) is 12.8 Å². The van der Waals surface area contributed by atoms with Gasteiger partial charge in [0.1, 0.15) is 22.5 Å². The number of pyridine rings is 1. The van der Waals surface area contributed by atoms with Crippen molar-refractivity contribution >= 4 is 21.4 Å². The van der Waals surface area contributed by atoms with Gasteiger partial charge in [-0.15, -0.1) is 0 Å². The van der Waals surface area contributed by atoms with E-state index in [4.69, 9.17) is 11.0 Å². The van der Waals surface area contributed by atoms with E-state index in [0.717, 1.165) is 18.3 Å². The summed E-state index contributed by atoms with van der Waals surface area (Å²) >= 11 is 0. The van der Waals surface area contributed by atoms with Gasteiger partial charge in [-0.05, 0) is 24.3 Å². The molecule has 0 saturated carbocycles. The Kier molecular flexibility index (Phi) is 3.54. The number of nitrogen functional groups attached to an aromatic ring is 1. The summed E-state index contributed by atoms with van der Waals surface area (Å²) in [5, 5.41) is 8.60. The minimum Gasteiger partial charge on any atom is -0.397 e. The molecule has 0 unspecified atom stereocenters. The molecule has 0 amide bonds. The first-order valence-corrected chi connectivity index (χ1v) is 6.85. The Morgan fingerprint density at radius 3 is 2.65 bits per heavy atom. The van der Waals surface area contributed by atoms with Crippen LogP contribution in [0.15, 0.2) is 41.4 Å². The molecule has 20 heavy (non-hydrogen) atoms. The van der Waals surface area contributed by atoms with Gasteiger partial charge in [0, 0.05) is 12.3 Å². The number of anilines is 2. The molecule has 0 bridgehead atoms. The highest BCUT2D eigenvalue weighted by Gasteiger charge is 2.16. The molecule has 0 aliphatic heterocycles. The van der Waals surface area contributed by atoms with Gasteiger partial charge in [0.2, 0.25) is 0 Å². The molecule has 0 aliphatic rings. The van der Waals surface area contributed by atoms with Crippen LogP contribution < -0.4 is 10.5 Å². The average Bonchev–Trinajstić information content (AvgIpc) is 2.43. The second-order valence-corrected chi connectivity index (χ2v) is 5.51. The SMILES string of the molecule is N#Cc1ccc(S(=O)(=O)Nc2cc(F)ccc2N)cn1. The zero-order chi connectivity index (χ0) is 14.8. The first kappa shape index (κ1) is 13.8. The van der Waals surface area contributed by atoms with Crippen LogP contribution >= 0.6 is 0 Å². The highest BCUT2D eigenvalue weighted by Crippen LogP contribution is 2.22. The number of halogens is 1. The molecule has 0 aliphatic carbocycles. The van der Waals surface area contributed by atoms with Crippen molar-refractivity contribution in [3.05, 3.63) is 48.0 Å². The summed E-state index contributed by atoms with van der Waals surface area (Å²) < 4.78 is 39.4. The van der Waals surface area contributed by atoms with Gasteiger partial charge in [0.05, 0.1) is 11.4 Å². The molecule has 0 saturated heterocycles. The summed E-state index contributed by atoms with van der Waals surface area (Å²) in [6, 6.07) is 7.62. The molecule has 0 fully saturated rings. The summed E-state index contributed by atoms with van der Waals surface area (Å²) in [6.45, 7) is 0. The third kappa shape index (κ3) is 2.84. The fourth-order valence-corrected chi connectivity index (χ4v) is 2.45. The zero-order valence-electron chi connectivity index (χ0n) is 10.0. The van der Waals surface area contributed by atoms with Crippen molar-refractivity contribution in [1.29, 1.82) is 5.26 Å². The second kappa shape index (κ2) is 5.14. The number of hydrogen-bond acceptors (Lipinski definition) is 5. The van der Waals surface area contributed by atoms with Gasteiger partial charge in [0.15, 0.2) is 0 Å². The third-order valence-corrected chi connectivity index (χ3v) is 3.77. The minimum atomic E-state index is -3.95. The Balaban J connectivity index is 2.35. The Hall–Kier alpha value is -2.66. The van der Waals surface area contributed by atoms with Gasteiger partial charge in [-0.25, -0.2) is 17.8 Å². The standard InChI is InChI=1S/C12H9FN4O2S/c13-8-1-4-11(15)12(5-8)17-20(18,19)10-3-2-9(6-14)16-7-10/h1-5,7,17H,15H2. The Morgan fingerprint density at radius 2 is 2.05 bits per heavy atom. The molecule has 1 aromatic heterocycles. The number of nitriles is 1. The molecule has 2 aromatic rings. The van der Waals surface area contributed by atoms with E-state index in [1.807, 2.05) is 0 Å². The highest BCUT2D eigenvalue weighted by molar-refractivity contribution is 7.92. The molecule has 0 atom stereocenters. The van der Waals surface area contributed by atoms with Crippen LogP contribution in [0.2, 0.25) is 0 Å². The number of nitrogens with one attached hydrogen (secondary N) is 1. The first-order chi connectivity index (χ1) is 9.42. The fourth-order valence-electron chi connectivity index (χ4n) is 1.43. The summed E-state index contributed by atoms with van der Waals surface area (Å²) in [5.74, 6) is -0.616. The zero-order valence-corrected chi connectivity index (χ0v) is 10.9. The van der Waals surface area contributed by atoms with Crippen molar-refractivity contribution in [3.8, 4) is 6.07 Å². The molecule has 0 radical (unpaired) electrons. The lowest BCUT2D eigenvalue weighted by Crippen LogP contribution is -2.14. The maximum Gasteiger partial charge on any atom is 0.263 e. The van der Waals surface area contributed by atoms with E-state index in [2.05, 4.69) is 9.71 Å². The van der Waals surface area contributed by atoms with Crippen LogP contribution in [0, 0.1) is 17.1 Å². The molecule has 3 N–H and O–H groups in total. The smallest absolute Gasteiger partial charge is 0.263 e. The first-order valence-electron chi connectivity index (χ1n) is 5.36. The molecular weight excluding hydrogens is 283 g/mol. The normalized spacial score (nSPS) is 10.8. The van der Waals surface area contributed by atoms with Crippen LogP contribution in [-0.2, 0) is 10.0 Å². The van der Waals surface area contributed by atoms with E-state index < -0.39 is 15.8 Å². The summed E-state index contributed by atoms with van der Waals surface area (Å²) in [5.41, 5.74) is 5.69. The molecule has 6 nitrogen and oxygen atoms in total. The van der Waals surface area contributed by atoms with Gasteiger partial charge >= 0.3 is 0 Å². The number of aromatic nitrogens is 1. The number of sulfonamides is 1. The molecule has 8 heteroatoms. The second-order valence-electron chi connectivity index (χ2n) is 3.83. The van der Waals surface area contributed by atoms with Crippen molar-refractivity contribution in [1.82, 2.24) is 4.98 Å². The quantitative estimate of drug-likeness (QED) is 0.833. The van der Waals surface area contributed by atoms with Gasteiger partial charge in [-0.3, -0.25) is 4.72 Å². The van der Waals surface area contributed by atoms with Crippen molar-refractivity contribution in [2.75, 3.05) is 10.5 Å². The highest BCUT2D eigenvalue weighted by atomic mass is 32.2. The molecule has 1 aromatic carbocycles. The van der Waals surface area contributed by atoms with Crippen LogP contribution in [-0.4, -0.2) is 13.4 Å². The molecule has 102 valence electrons. The maximum absolute atomic E-state index is 13.1. The van der Waals surface area contributed by atoms with Gasteiger partial charge < -0.3 is 5.73 Å². The molecular formula is C12H9FN4O2S. The van der Waals surface area contributed by atoms with Crippen molar-refractivity contribution < 1.29 is 12.8 Å². The van der Waals surface area contributed by atoms with Crippen LogP contribution in [0.1, 0.15) is 5.69 Å². The van der Waals surface area contributed by atoms with E-state index in [0.29, 0.717) is 0 Å². The average molecular weight is 292 g/mol. The number of hydrogen-bond donors (Lipinski definition) is 2. The van der Waals surface area contributed by atoms with Crippen LogP contribution in [0.4, 0.5) is 15.8 Å². The molecule has 2 rings (SSSR count). The topological polar surface area (TPSA) is 109 Å². The molecule has 0 spiro atoms. The Bertz CT molecular complexity index is 782. The predicted molar refractivity (Wildman–Crippen MR) is 70.6 cm³/mol. The van der Waals surface area contributed by atoms with E-state index in [-0.39, 0.29) is 22.0 Å².